The molecule has 1 aliphatic heterocycles. The maximum Gasteiger partial charge on any atom is 0.263 e. The average Bonchev–Trinajstić information content (AvgIpc) is 2.65. The summed E-state index contributed by atoms with van der Waals surface area (Å²) in [5.41, 5.74) is 2.69. The summed E-state index contributed by atoms with van der Waals surface area (Å²) < 4.78 is 6.84. The Hall–Kier alpha value is -3.08. The fraction of sp³-hybridized carbons (Fsp3) is 0.200. The molecule has 1 aromatic heterocycles. The second kappa shape index (κ2) is 6.09. The highest BCUT2D eigenvalue weighted by Crippen LogP contribution is 2.24. The Labute approximate surface area is 144 Å². The van der Waals surface area contributed by atoms with Gasteiger partial charge in [-0.3, -0.25) is 9.59 Å². The van der Waals surface area contributed by atoms with Crippen LogP contribution in [0.2, 0.25) is 0 Å². The highest BCUT2D eigenvalue weighted by Gasteiger charge is 2.19. The van der Waals surface area contributed by atoms with Crippen LogP contribution in [0.15, 0.2) is 53.3 Å². The molecule has 0 aliphatic carbocycles. The summed E-state index contributed by atoms with van der Waals surface area (Å²) in [6, 6.07) is 14.7. The molecule has 0 fully saturated rings. The summed E-state index contributed by atoms with van der Waals surface area (Å²) in [5.74, 6) is 0.317. The number of carbonyl (C=O) groups is 1. The van der Waals surface area contributed by atoms with Gasteiger partial charge in [-0.25, -0.2) is 0 Å². The van der Waals surface area contributed by atoms with Crippen molar-refractivity contribution in [3.8, 4) is 5.75 Å². The molecule has 1 N–H and O–H groups in total. The smallest absolute Gasteiger partial charge is 0.263 e. The predicted molar refractivity (Wildman–Crippen MR) is 97.5 cm³/mol. The van der Waals surface area contributed by atoms with E-state index in [9.17, 15) is 9.59 Å². The molecule has 3 aromatic rings. The minimum atomic E-state index is -0.392. The third-order valence-electron chi connectivity index (χ3n) is 4.62. The molecule has 0 unspecified atom stereocenters. The molecule has 1 aliphatic rings. The van der Waals surface area contributed by atoms with E-state index in [0.29, 0.717) is 18.0 Å². The van der Waals surface area contributed by atoms with Crippen molar-refractivity contribution < 1.29 is 9.53 Å². The molecule has 2 heterocycles. The van der Waals surface area contributed by atoms with Crippen LogP contribution in [-0.4, -0.2) is 17.6 Å². The van der Waals surface area contributed by atoms with Crippen LogP contribution >= 0.6 is 0 Å². The van der Waals surface area contributed by atoms with Crippen molar-refractivity contribution in [2.45, 2.75) is 19.4 Å². The number of pyridine rings is 1. The first-order valence-electron chi connectivity index (χ1n) is 8.28. The van der Waals surface area contributed by atoms with E-state index in [2.05, 4.69) is 11.4 Å². The van der Waals surface area contributed by atoms with Crippen LogP contribution in [0.4, 0.5) is 5.69 Å². The number of carbonyl (C=O) groups excluding carboxylic acids is 1. The zero-order valence-electron chi connectivity index (χ0n) is 13.9. The number of rotatable bonds is 3. The summed E-state index contributed by atoms with van der Waals surface area (Å²) >= 11 is 0. The van der Waals surface area contributed by atoms with Crippen molar-refractivity contribution in [3.63, 3.8) is 0 Å². The molecule has 1 amide bonds. The van der Waals surface area contributed by atoms with Gasteiger partial charge in [-0.15, -0.1) is 0 Å². The fourth-order valence-electron chi connectivity index (χ4n) is 3.40. The van der Waals surface area contributed by atoms with Crippen molar-refractivity contribution >= 4 is 22.5 Å². The van der Waals surface area contributed by atoms with Gasteiger partial charge in [0, 0.05) is 12.2 Å². The SMILES string of the molecule is COc1ccc(NC(=O)c2cc3cccc4c3n(c2=O)CCC4)cc1. The molecular weight excluding hydrogens is 316 g/mol. The lowest BCUT2D eigenvalue weighted by Gasteiger charge is -2.20. The van der Waals surface area contributed by atoms with E-state index < -0.39 is 5.91 Å². The zero-order valence-corrected chi connectivity index (χ0v) is 13.9. The Balaban J connectivity index is 1.75. The lowest BCUT2D eigenvalue weighted by Crippen LogP contribution is -2.31. The predicted octanol–water partition coefficient (Wildman–Crippen LogP) is 3.21. The summed E-state index contributed by atoms with van der Waals surface area (Å²) in [6.07, 6.45) is 1.88. The molecule has 0 radical (unpaired) electrons. The van der Waals surface area contributed by atoms with Crippen molar-refractivity contribution in [2.24, 2.45) is 0 Å². The maximum absolute atomic E-state index is 12.8. The van der Waals surface area contributed by atoms with Gasteiger partial charge < -0.3 is 14.6 Å². The number of para-hydroxylation sites is 1. The Bertz CT molecular complexity index is 1020. The van der Waals surface area contributed by atoms with E-state index in [1.54, 1.807) is 42.0 Å². The van der Waals surface area contributed by atoms with Crippen molar-refractivity contribution in [2.75, 3.05) is 12.4 Å². The first-order chi connectivity index (χ1) is 12.2. The highest BCUT2D eigenvalue weighted by atomic mass is 16.5. The minimum absolute atomic E-state index is 0.169. The number of ether oxygens (including phenoxy) is 1. The molecule has 126 valence electrons. The van der Waals surface area contributed by atoms with Crippen LogP contribution in [0.5, 0.6) is 5.75 Å². The number of nitrogens with one attached hydrogen (secondary N) is 1. The van der Waals surface area contributed by atoms with Crippen LogP contribution in [0.1, 0.15) is 22.3 Å². The van der Waals surface area contributed by atoms with E-state index in [1.807, 2.05) is 12.1 Å². The molecule has 5 nitrogen and oxygen atoms in total. The Morgan fingerprint density at radius 2 is 1.96 bits per heavy atom. The van der Waals surface area contributed by atoms with E-state index in [-0.39, 0.29) is 11.1 Å². The third-order valence-corrected chi connectivity index (χ3v) is 4.62. The number of hydrogen-bond acceptors (Lipinski definition) is 3. The van der Waals surface area contributed by atoms with Crippen LogP contribution in [0, 0.1) is 0 Å². The molecule has 5 heteroatoms. The summed E-state index contributed by atoms with van der Waals surface area (Å²) in [6.45, 7) is 0.649. The number of amides is 1. The zero-order chi connectivity index (χ0) is 17.4. The van der Waals surface area contributed by atoms with E-state index in [1.165, 1.54) is 5.56 Å². The van der Waals surface area contributed by atoms with Crippen LogP contribution in [0.25, 0.3) is 10.9 Å². The standard InChI is InChI=1S/C20H18N2O3/c1-25-16-9-7-15(8-10-16)21-19(23)17-12-14-5-2-4-13-6-3-11-22(18(13)14)20(17)24/h2,4-5,7-10,12H,3,6,11H2,1H3,(H,21,23). The first-order valence-corrected chi connectivity index (χ1v) is 8.28. The number of hydrogen-bond donors (Lipinski definition) is 1. The monoisotopic (exact) mass is 334 g/mol. The molecule has 2 aromatic carbocycles. The topological polar surface area (TPSA) is 60.3 Å². The molecule has 0 bridgehead atoms. The van der Waals surface area contributed by atoms with Crippen molar-refractivity contribution in [1.29, 1.82) is 0 Å². The minimum Gasteiger partial charge on any atom is -0.497 e. The van der Waals surface area contributed by atoms with Gasteiger partial charge in [0.15, 0.2) is 0 Å². The number of aryl methyl sites for hydroxylation is 2. The molecule has 25 heavy (non-hydrogen) atoms. The number of nitrogens with zero attached hydrogens (tertiary/aromatic N) is 1. The van der Waals surface area contributed by atoms with Crippen molar-refractivity contribution in [1.82, 2.24) is 4.57 Å². The number of benzene rings is 2. The van der Waals surface area contributed by atoms with Gasteiger partial charge in [0.25, 0.3) is 11.5 Å². The van der Waals surface area contributed by atoms with Gasteiger partial charge in [0.1, 0.15) is 11.3 Å². The van der Waals surface area contributed by atoms with Gasteiger partial charge in [0.05, 0.1) is 12.6 Å². The van der Waals surface area contributed by atoms with E-state index in [0.717, 1.165) is 23.7 Å². The van der Waals surface area contributed by atoms with Gasteiger partial charge in [-0.05, 0) is 54.1 Å². The molecule has 4 rings (SSSR count). The Kier molecular flexibility index (Phi) is 3.76. The Morgan fingerprint density at radius 1 is 1.16 bits per heavy atom. The van der Waals surface area contributed by atoms with Gasteiger partial charge in [-0.2, -0.15) is 0 Å². The average molecular weight is 334 g/mol. The second-order valence-electron chi connectivity index (χ2n) is 6.16. The van der Waals surface area contributed by atoms with Gasteiger partial charge >= 0.3 is 0 Å². The molecule has 0 saturated heterocycles. The summed E-state index contributed by atoms with van der Waals surface area (Å²) in [4.78, 5) is 25.5. The quantitative estimate of drug-likeness (QED) is 0.800. The molecule has 0 atom stereocenters. The normalized spacial score (nSPS) is 12.8. The number of aromatic nitrogens is 1. The summed E-state index contributed by atoms with van der Waals surface area (Å²) in [7, 11) is 1.59. The van der Waals surface area contributed by atoms with Crippen molar-refractivity contribution in [3.05, 3.63) is 70.0 Å². The van der Waals surface area contributed by atoms with Crippen LogP contribution in [0.3, 0.4) is 0 Å². The summed E-state index contributed by atoms with van der Waals surface area (Å²) in [5, 5.41) is 3.72. The largest absolute Gasteiger partial charge is 0.497 e. The highest BCUT2D eigenvalue weighted by molar-refractivity contribution is 6.06. The first kappa shape index (κ1) is 15.4. The van der Waals surface area contributed by atoms with Crippen LogP contribution in [-0.2, 0) is 13.0 Å². The fourth-order valence-corrected chi connectivity index (χ4v) is 3.40. The molecule has 0 spiro atoms. The van der Waals surface area contributed by atoms with Crippen LogP contribution < -0.4 is 15.6 Å². The van der Waals surface area contributed by atoms with E-state index >= 15 is 0 Å². The molecule has 0 saturated carbocycles. The number of anilines is 1. The number of methoxy groups -OCH3 is 1. The second-order valence-corrected chi connectivity index (χ2v) is 6.16. The van der Waals surface area contributed by atoms with Gasteiger partial charge in [-0.1, -0.05) is 18.2 Å². The lowest BCUT2D eigenvalue weighted by molar-refractivity contribution is 0.102. The maximum atomic E-state index is 12.8. The lowest BCUT2D eigenvalue weighted by atomic mass is 10.00. The van der Waals surface area contributed by atoms with E-state index in [4.69, 9.17) is 4.74 Å². The molecular formula is C20H18N2O3. The third kappa shape index (κ3) is 2.67. The Morgan fingerprint density at radius 3 is 2.72 bits per heavy atom. The van der Waals surface area contributed by atoms with Gasteiger partial charge in [0.2, 0.25) is 0 Å².